The Morgan fingerprint density at radius 3 is 1.55 bits per heavy atom. The van der Waals surface area contributed by atoms with E-state index in [0.29, 0.717) is 72.2 Å². The molecule has 1 N–H and O–H groups in total. The summed E-state index contributed by atoms with van der Waals surface area (Å²) < 4.78 is 33.1. The second-order valence-electron chi connectivity index (χ2n) is 15.2. The molecule has 0 heterocycles. The first kappa shape index (κ1) is 51.0. The van der Waals surface area contributed by atoms with Gasteiger partial charge >= 0.3 is 12.1 Å². The van der Waals surface area contributed by atoms with Gasteiger partial charge in [0.25, 0.3) is 0 Å². The molecule has 53 heavy (non-hydrogen) atoms. The summed E-state index contributed by atoms with van der Waals surface area (Å²) in [4.78, 5) is 38.4. The molecule has 11 nitrogen and oxygen atoms in total. The molecular weight excluding hydrogens is 676 g/mol. The van der Waals surface area contributed by atoms with Crippen LogP contribution in [0.3, 0.4) is 0 Å². The van der Waals surface area contributed by atoms with Crippen molar-refractivity contribution >= 4 is 18.0 Å². The molecule has 0 aliphatic heterocycles. The number of hydrogen-bond acceptors (Lipinski definition) is 9. The van der Waals surface area contributed by atoms with Gasteiger partial charge in [0.1, 0.15) is 11.7 Å². The van der Waals surface area contributed by atoms with Gasteiger partial charge in [0, 0.05) is 26.6 Å². The topological polar surface area (TPSA) is 122 Å². The second kappa shape index (κ2) is 37.0. The Morgan fingerprint density at radius 2 is 1.02 bits per heavy atom. The largest absolute Gasteiger partial charge is 0.462 e. The molecule has 0 unspecified atom stereocenters. The van der Waals surface area contributed by atoms with E-state index in [1.54, 1.807) is 4.90 Å². The first-order valence-corrected chi connectivity index (χ1v) is 21.3. The number of rotatable bonds is 38. The zero-order chi connectivity index (χ0) is 39.3. The Morgan fingerprint density at radius 1 is 0.566 bits per heavy atom. The summed E-state index contributed by atoms with van der Waals surface area (Å²) in [7, 11) is 1.85. The number of carbonyl (C=O) groups excluding carboxylic acids is 3. The summed E-state index contributed by atoms with van der Waals surface area (Å²) in [6, 6.07) is 0. The van der Waals surface area contributed by atoms with E-state index in [2.05, 4.69) is 19.2 Å². The van der Waals surface area contributed by atoms with Crippen LogP contribution in [0.15, 0.2) is 0 Å². The highest BCUT2D eigenvalue weighted by molar-refractivity contribution is 5.75. The lowest BCUT2D eigenvalue weighted by Crippen LogP contribution is -2.34. The van der Waals surface area contributed by atoms with E-state index in [-0.39, 0.29) is 18.0 Å². The van der Waals surface area contributed by atoms with Gasteiger partial charge in [-0.1, -0.05) is 97.3 Å². The van der Waals surface area contributed by atoms with E-state index in [9.17, 15) is 14.4 Å². The summed E-state index contributed by atoms with van der Waals surface area (Å²) in [5.74, 6) is 0.0583. The van der Waals surface area contributed by atoms with Crippen molar-refractivity contribution < 1.29 is 42.8 Å². The Balaban J connectivity index is 3.76. The monoisotopic (exact) mass is 759 g/mol. The number of unbranched alkanes of at least 4 members (excludes halogenated alkanes) is 14. The summed E-state index contributed by atoms with van der Waals surface area (Å²) in [6.45, 7) is 14.5. The molecule has 0 aliphatic carbocycles. The molecule has 11 heteroatoms. The third-order valence-corrected chi connectivity index (χ3v) is 8.85. The fourth-order valence-electron chi connectivity index (χ4n) is 5.74. The second-order valence-corrected chi connectivity index (χ2v) is 15.2. The van der Waals surface area contributed by atoms with Crippen LogP contribution in [-0.4, -0.2) is 108 Å². The normalized spacial score (nSPS) is 11.6. The smallest absolute Gasteiger partial charge is 0.407 e. The van der Waals surface area contributed by atoms with E-state index >= 15 is 0 Å². The molecule has 0 aromatic carbocycles. The van der Waals surface area contributed by atoms with Crippen molar-refractivity contribution in [3.8, 4) is 0 Å². The van der Waals surface area contributed by atoms with E-state index in [1.807, 2.05) is 27.8 Å². The quantitative estimate of drug-likeness (QED) is 0.0485. The Hall–Kier alpha value is -1.95. The van der Waals surface area contributed by atoms with Gasteiger partial charge in [0.15, 0.2) is 0 Å². The predicted molar refractivity (Wildman–Crippen MR) is 213 cm³/mol. The lowest BCUT2D eigenvalue weighted by molar-refractivity contribution is -0.150. The molecule has 314 valence electrons. The maximum atomic E-state index is 12.6. The van der Waals surface area contributed by atoms with Gasteiger partial charge in [-0.25, -0.2) is 4.79 Å². The minimum Gasteiger partial charge on any atom is -0.462 e. The van der Waals surface area contributed by atoms with Crippen molar-refractivity contribution in [1.82, 2.24) is 10.2 Å². The van der Waals surface area contributed by atoms with Gasteiger partial charge in [0.05, 0.1) is 59.3 Å². The van der Waals surface area contributed by atoms with E-state index in [1.165, 1.54) is 64.2 Å². The number of hydrogen-bond donors (Lipinski definition) is 1. The molecule has 0 rings (SSSR count). The van der Waals surface area contributed by atoms with Crippen LogP contribution in [0, 0.1) is 0 Å². The highest BCUT2D eigenvalue weighted by Crippen LogP contribution is 2.18. The molecule has 0 radical (unpaired) electrons. The minimum atomic E-state index is -0.518. The third-order valence-electron chi connectivity index (χ3n) is 8.85. The van der Waals surface area contributed by atoms with Crippen molar-refractivity contribution in [2.75, 3.05) is 73.0 Å². The summed E-state index contributed by atoms with van der Waals surface area (Å²) in [6.07, 6.45) is 22.6. The molecule has 0 bridgehead atoms. The lowest BCUT2D eigenvalue weighted by atomic mass is 10.0. The van der Waals surface area contributed by atoms with E-state index < -0.39 is 11.7 Å². The first-order valence-electron chi connectivity index (χ1n) is 21.3. The molecule has 0 fully saturated rings. The van der Waals surface area contributed by atoms with Gasteiger partial charge in [-0.2, -0.15) is 0 Å². The van der Waals surface area contributed by atoms with Crippen LogP contribution in [0.4, 0.5) is 4.79 Å². The molecule has 0 aliphatic rings. The lowest BCUT2D eigenvalue weighted by Gasteiger charge is -2.19. The fraction of sp³-hybridized carbons (Fsp3) is 0.929. The van der Waals surface area contributed by atoms with Crippen LogP contribution in [0.2, 0.25) is 0 Å². The molecule has 0 aromatic heterocycles. The number of esters is 1. The van der Waals surface area contributed by atoms with Gasteiger partial charge in [0.2, 0.25) is 5.91 Å². The highest BCUT2D eigenvalue weighted by atomic mass is 16.6. The van der Waals surface area contributed by atoms with Crippen molar-refractivity contribution in [2.45, 2.75) is 181 Å². The van der Waals surface area contributed by atoms with Gasteiger partial charge in [-0.3, -0.25) is 9.59 Å². The Kier molecular flexibility index (Phi) is 35.6. The minimum absolute atomic E-state index is 0.0263. The summed E-state index contributed by atoms with van der Waals surface area (Å²) >= 11 is 0. The average molecular weight is 759 g/mol. The molecule has 0 atom stereocenters. The number of amides is 2. The van der Waals surface area contributed by atoms with Crippen LogP contribution in [-0.2, 0) is 38.0 Å². The zero-order valence-electron chi connectivity index (χ0n) is 35.1. The Bertz CT molecular complexity index is 837. The van der Waals surface area contributed by atoms with Gasteiger partial charge < -0.3 is 38.6 Å². The molecule has 0 saturated heterocycles. The highest BCUT2D eigenvalue weighted by Gasteiger charge is 2.16. The third kappa shape index (κ3) is 38.1. The summed E-state index contributed by atoms with van der Waals surface area (Å²) in [5, 5.41) is 2.64. The van der Waals surface area contributed by atoms with Crippen molar-refractivity contribution in [3.05, 3.63) is 0 Å². The van der Waals surface area contributed by atoms with Crippen LogP contribution >= 0.6 is 0 Å². The number of nitrogens with one attached hydrogen (secondary N) is 1. The number of nitrogens with zero attached hydrogens (tertiary/aromatic N) is 1. The molecule has 0 spiro atoms. The van der Waals surface area contributed by atoms with Crippen LogP contribution in [0.25, 0.3) is 0 Å². The van der Waals surface area contributed by atoms with Crippen LogP contribution < -0.4 is 5.32 Å². The predicted octanol–water partition coefficient (Wildman–Crippen LogP) is 9.18. The van der Waals surface area contributed by atoms with E-state index in [4.69, 9.17) is 28.4 Å². The fourth-order valence-corrected chi connectivity index (χ4v) is 5.74. The van der Waals surface area contributed by atoms with Gasteiger partial charge in [-0.05, 0) is 59.3 Å². The average Bonchev–Trinajstić information content (AvgIpc) is 3.11. The molecular formula is C42H82N2O9. The Labute approximate surface area is 324 Å². The first-order chi connectivity index (χ1) is 25.6. The number of ether oxygens (including phenoxy) is 6. The van der Waals surface area contributed by atoms with Crippen LogP contribution in [0.1, 0.15) is 169 Å². The molecule has 2 amide bonds. The van der Waals surface area contributed by atoms with E-state index in [0.717, 1.165) is 64.3 Å². The SMILES string of the molecule is CCCCCCCCC(CCCCCCCC)OC(=O)CCCCCCCN(C)C(=O)CCOCCOCCOCCOCCNC(=O)OC(C)(C)C. The number of carbonyl (C=O) groups is 3. The zero-order valence-corrected chi connectivity index (χ0v) is 35.1. The van der Waals surface area contributed by atoms with Gasteiger partial charge in [-0.15, -0.1) is 0 Å². The van der Waals surface area contributed by atoms with Crippen molar-refractivity contribution in [1.29, 1.82) is 0 Å². The number of alkyl carbamates (subject to hydrolysis) is 1. The van der Waals surface area contributed by atoms with Crippen molar-refractivity contribution in [2.24, 2.45) is 0 Å². The van der Waals surface area contributed by atoms with Crippen LogP contribution in [0.5, 0.6) is 0 Å². The van der Waals surface area contributed by atoms with Crippen molar-refractivity contribution in [3.63, 3.8) is 0 Å². The maximum Gasteiger partial charge on any atom is 0.407 e. The molecule has 0 saturated carbocycles. The standard InChI is InChI=1S/C42H82N2O9/c1-7-9-11-13-16-20-24-38(25-21-17-14-12-10-8-2)52-40(46)26-22-18-15-19-23-29-44(6)39(45)27-30-48-32-34-50-36-37-51-35-33-49-31-28-43-41(47)53-42(3,4)5/h38H,7-37H2,1-6H3,(H,43,47). The molecule has 0 aromatic rings. The summed E-state index contributed by atoms with van der Waals surface area (Å²) in [5.41, 5.74) is -0.518. The maximum absolute atomic E-state index is 12.6.